The van der Waals surface area contributed by atoms with Gasteiger partial charge in [-0.15, -0.1) is 0 Å². The van der Waals surface area contributed by atoms with E-state index in [-0.39, 0.29) is 18.3 Å². The van der Waals surface area contributed by atoms with E-state index >= 15 is 0 Å². The Hall–Kier alpha value is -1.13. The van der Waals surface area contributed by atoms with Crippen LogP contribution in [0, 0.1) is 11.7 Å². The lowest BCUT2D eigenvalue weighted by Gasteiger charge is -2.15. The van der Waals surface area contributed by atoms with Crippen LogP contribution in [0.5, 0.6) is 5.75 Å². The molecule has 0 aliphatic heterocycles. The highest BCUT2D eigenvalue weighted by Gasteiger charge is 2.53. The van der Waals surface area contributed by atoms with Gasteiger partial charge in [0.15, 0.2) is 0 Å². The molecule has 15 heavy (non-hydrogen) atoms. The van der Waals surface area contributed by atoms with Crippen molar-refractivity contribution in [2.75, 3.05) is 13.7 Å². The molecule has 0 heterocycles. The molecule has 4 heteroatoms. The van der Waals surface area contributed by atoms with Crippen molar-refractivity contribution in [2.45, 2.75) is 12.0 Å². The minimum Gasteiger partial charge on any atom is -0.496 e. The minimum absolute atomic E-state index is 0.00759. The summed E-state index contributed by atoms with van der Waals surface area (Å²) in [5.41, 5.74) is 6.08. The third kappa shape index (κ3) is 1.60. The molecule has 0 radical (unpaired) electrons. The van der Waals surface area contributed by atoms with Gasteiger partial charge in [-0.1, -0.05) is 0 Å². The second-order valence-electron chi connectivity index (χ2n) is 3.97. The van der Waals surface area contributed by atoms with E-state index in [1.165, 1.54) is 19.2 Å². The van der Waals surface area contributed by atoms with Crippen LogP contribution in [0.15, 0.2) is 18.2 Å². The van der Waals surface area contributed by atoms with E-state index in [1.807, 2.05) is 0 Å². The Morgan fingerprint density at radius 1 is 1.67 bits per heavy atom. The Morgan fingerprint density at radius 2 is 2.40 bits per heavy atom. The molecular weight excluding hydrogens is 197 g/mol. The predicted molar refractivity (Wildman–Crippen MR) is 54.0 cm³/mol. The molecule has 1 aromatic rings. The van der Waals surface area contributed by atoms with Gasteiger partial charge in [-0.05, 0) is 24.6 Å². The van der Waals surface area contributed by atoms with Gasteiger partial charge in [-0.3, -0.25) is 0 Å². The molecule has 3 N–H and O–H groups in total. The molecule has 1 aromatic carbocycles. The molecular formula is C11H14FNO2. The number of nitrogens with two attached hydrogens (primary N) is 1. The van der Waals surface area contributed by atoms with Crippen molar-refractivity contribution < 1.29 is 14.2 Å². The molecule has 2 rings (SSSR count). The van der Waals surface area contributed by atoms with Gasteiger partial charge in [0.2, 0.25) is 0 Å². The molecule has 2 atom stereocenters. The first-order valence-electron chi connectivity index (χ1n) is 4.85. The van der Waals surface area contributed by atoms with E-state index in [9.17, 15) is 4.39 Å². The van der Waals surface area contributed by atoms with Crippen LogP contribution < -0.4 is 10.5 Å². The summed E-state index contributed by atoms with van der Waals surface area (Å²) in [4.78, 5) is 0. The van der Waals surface area contributed by atoms with Crippen molar-refractivity contribution in [1.82, 2.24) is 0 Å². The molecule has 3 nitrogen and oxygen atoms in total. The quantitative estimate of drug-likeness (QED) is 0.784. The van der Waals surface area contributed by atoms with Crippen molar-refractivity contribution in [3.63, 3.8) is 0 Å². The topological polar surface area (TPSA) is 55.5 Å². The van der Waals surface area contributed by atoms with E-state index in [0.29, 0.717) is 17.7 Å². The van der Waals surface area contributed by atoms with Crippen LogP contribution in [0.4, 0.5) is 4.39 Å². The van der Waals surface area contributed by atoms with E-state index in [2.05, 4.69) is 0 Å². The minimum atomic E-state index is -0.623. The SMILES string of the molecule is COc1ccc(F)cc1[C@@]1(N)C[C@@H]1CO. The zero-order valence-electron chi connectivity index (χ0n) is 8.53. The fourth-order valence-electron chi connectivity index (χ4n) is 1.95. The number of hydrogen-bond donors (Lipinski definition) is 2. The smallest absolute Gasteiger partial charge is 0.124 e. The fraction of sp³-hybridized carbons (Fsp3) is 0.455. The average molecular weight is 211 g/mol. The average Bonchev–Trinajstić information content (AvgIpc) is 2.91. The Balaban J connectivity index is 2.39. The molecule has 82 valence electrons. The highest BCUT2D eigenvalue weighted by molar-refractivity contribution is 5.43. The summed E-state index contributed by atoms with van der Waals surface area (Å²) in [6.45, 7) is 0.0240. The van der Waals surface area contributed by atoms with E-state index in [1.54, 1.807) is 6.07 Å². The van der Waals surface area contributed by atoms with Gasteiger partial charge >= 0.3 is 0 Å². The van der Waals surface area contributed by atoms with E-state index in [4.69, 9.17) is 15.6 Å². The number of aliphatic hydroxyl groups is 1. The van der Waals surface area contributed by atoms with Gasteiger partial charge in [0, 0.05) is 18.1 Å². The van der Waals surface area contributed by atoms with Crippen molar-refractivity contribution in [3.05, 3.63) is 29.6 Å². The van der Waals surface area contributed by atoms with Gasteiger partial charge in [-0.25, -0.2) is 4.39 Å². The maximum Gasteiger partial charge on any atom is 0.124 e. The fourth-order valence-corrected chi connectivity index (χ4v) is 1.95. The van der Waals surface area contributed by atoms with Crippen LogP contribution in [0.3, 0.4) is 0 Å². The molecule has 1 saturated carbocycles. The van der Waals surface area contributed by atoms with Gasteiger partial charge < -0.3 is 15.6 Å². The zero-order valence-corrected chi connectivity index (χ0v) is 8.53. The maximum absolute atomic E-state index is 13.1. The first-order chi connectivity index (χ1) is 7.11. The Bertz CT molecular complexity index is 383. The molecule has 0 unspecified atom stereocenters. The van der Waals surface area contributed by atoms with Gasteiger partial charge in [-0.2, -0.15) is 0 Å². The number of methoxy groups -OCH3 is 1. The summed E-state index contributed by atoms with van der Waals surface area (Å²) in [7, 11) is 1.52. The summed E-state index contributed by atoms with van der Waals surface area (Å²) in [6, 6.07) is 4.28. The monoisotopic (exact) mass is 211 g/mol. The second kappa shape index (κ2) is 3.47. The summed E-state index contributed by atoms with van der Waals surface area (Å²) in [6.07, 6.45) is 0.670. The van der Waals surface area contributed by atoms with Crippen LogP contribution in [0.1, 0.15) is 12.0 Å². The summed E-state index contributed by atoms with van der Waals surface area (Å²) in [5.74, 6) is 0.252. The van der Waals surface area contributed by atoms with Crippen molar-refractivity contribution >= 4 is 0 Å². The molecule has 0 aromatic heterocycles. The molecule has 0 saturated heterocycles. The van der Waals surface area contributed by atoms with Crippen LogP contribution in [-0.2, 0) is 5.54 Å². The van der Waals surface area contributed by atoms with Gasteiger partial charge in [0.05, 0.1) is 12.6 Å². The normalized spacial score (nSPS) is 28.9. The van der Waals surface area contributed by atoms with Crippen molar-refractivity contribution in [1.29, 1.82) is 0 Å². The number of hydrogen-bond acceptors (Lipinski definition) is 3. The number of benzene rings is 1. The highest BCUT2D eigenvalue weighted by atomic mass is 19.1. The summed E-state index contributed by atoms with van der Waals surface area (Å²) >= 11 is 0. The third-order valence-electron chi connectivity index (χ3n) is 3.04. The standard InChI is InChI=1S/C11H14FNO2/c1-15-10-3-2-8(12)4-9(10)11(13)5-7(11)6-14/h2-4,7,14H,5-6,13H2,1H3/t7-,11-/m1/s1. The molecule has 1 aliphatic carbocycles. The molecule has 0 amide bonds. The Kier molecular flexibility index (Phi) is 2.40. The largest absolute Gasteiger partial charge is 0.496 e. The van der Waals surface area contributed by atoms with Crippen LogP contribution in [0.25, 0.3) is 0 Å². The second-order valence-corrected chi connectivity index (χ2v) is 3.97. The van der Waals surface area contributed by atoms with Crippen molar-refractivity contribution in [3.8, 4) is 5.75 Å². The molecule has 1 aliphatic rings. The van der Waals surface area contributed by atoms with Crippen LogP contribution in [-0.4, -0.2) is 18.8 Å². The molecule has 0 spiro atoms. The Morgan fingerprint density at radius 3 is 2.93 bits per heavy atom. The van der Waals surface area contributed by atoms with Gasteiger partial charge in [0.25, 0.3) is 0 Å². The van der Waals surface area contributed by atoms with E-state index < -0.39 is 5.54 Å². The number of rotatable bonds is 3. The first kappa shape index (κ1) is 10.4. The van der Waals surface area contributed by atoms with E-state index in [0.717, 1.165) is 0 Å². The number of aliphatic hydroxyl groups excluding tert-OH is 1. The number of halogens is 1. The lowest BCUT2D eigenvalue weighted by atomic mass is 10.0. The number of ether oxygens (including phenoxy) is 1. The summed E-state index contributed by atoms with van der Waals surface area (Å²) < 4.78 is 18.2. The van der Waals surface area contributed by atoms with Gasteiger partial charge in [0.1, 0.15) is 11.6 Å². The first-order valence-corrected chi connectivity index (χ1v) is 4.85. The van der Waals surface area contributed by atoms with Crippen molar-refractivity contribution in [2.24, 2.45) is 11.7 Å². The highest BCUT2D eigenvalue weighted by Crippen LogP contribution is 2.52. The third-order valence-corrected chi connectivity index (χ3v) is 3.04. The zero-order chi connectivity index (χ0) is 11.1. The lowest BCUT2D eigenvalue weighted by molar-refractivity contribution is 0.263. The lowest BCUT2D eigenvalue weighted by Crippen LogP contribution is -2.24. The van der Waals surface area contributed by atoms with Crippen LogP contribution in [0.2, 0.25) is 0 Å². The van der Waals surface area contributed by atoms with Crippen LogP contribution >= 0.6 is 0 Å². The Labute approximate surface area is 87.7 Å². The molecule has 0 bridgehead atoms. The maximum atomic E-state index is 13.1. The predicted octanol–water partition coefficient (Wildman–Crippen LogP) is 1.00. The molecule has 1 fully saturated rings. The summed E-state index contributed by atoms with van der Waals surface area (Å²) in [5, 5.41) is 9.02.